The van der Waals surface area contributed by atoms with Gasteiger partial charge >= 0.3 is 6.09 Å². The predicted octanol–water partition coefficient (Wildman–Crippen LogP) is 1.06. The number of pyridine rings is 2. The SMILES string of the molecule is COC(=O)N1CCc2cnc(C(=O)Nc3cccc(-c4nnnn4[C@H](C)CO)n3)cc2C1. The quantitative estimate of drug-likeness (QED) is 0.596. The smallest absolute Gasteiger partial charge is 0.409 e. The van der Waals surface area contributed by atoms with Crippen LogP contribution >= 0.6 is 0 Å². The molecule has 2 amide bonds. The topological polar surface area (TPSA) is 148 Å². The van der Waals surface area contributed by atoms with E-state index in [2.05, 4.69) is 30.8 Å². The molecular weight excluding hydrogens is 416 g/mol. The number of aliphatic hydroxyl groups is 1. The van der Waals surface area contributed by atoms with Gasteiger partial charge in [0.2, 0.25) is 5.82 Å². The third-order valence-corrected chi connectivity index (χ3v) is 5.15. The summed E-state index contributed by atoms with van der Waals surface area (Å²) in [6.45, 7) is 2.53. The third kappa shape index (κ3) is 4.25. The van der Waals surface area contributed by atoms with Gasteiger partial charge in [0.25, 0.3) is 5.91 Å². The first kappa shape index (κ1) is 21.3. The number of ether oxygens (including phenoxy) is 1. The Labute approximate surface area is 183 Å². The Kier molecular flexibility index (Phi) is 6.03. The van der Waals surface area contributed by atoms with Crippen molar-refractivity contribution >= 4 is 17.8 Å². The van der Waals surface area contributed by atoms with Crippen LogP contribution in [0.3, 0.4) is 0 Å². The van der Waals surface area contributed by atoms with Gasteiger partial charge in [-0.05, 0) is 53.1 Å². The van der Waals surface area contributed by atoms with Crippen molar-refractivity contribution in [2.75, 3.05) is 25.6 Å². The van der Waals surface area contributed by atoms with Gasteiger partial charge in [-0.2, -0.15) is 0 Å². The number of fused-ring (bicyclic) bond motifs is 1. The van der Waals surface area contributed by atoms with Crippen LogP contribution in [0.25, 0.3) is 11.5 Å². The van der Waals surface area contributed by atoms with Crippen molar-refractivity contribution in [1.82, 2.24) is 35.1 Å². The zero-order valence-electron chi connectivity index (χ0n) is 17.6. The van der Waals surface area contributed by atoms with Crippen molar-refractivity contribution in [3.63, 3.8) is 0 Å². The van der Waals surface area contributed by atoms with Crippen LogP contribution in [0.2, 0.25) is 0 Å². The lowest BCUT2D eigenvalue weighted by atomic mass is 10.0. The lowest BCUT2D eigenvalue weighted by molar-refractivity contribution is 0.102. The lowest BCUT2D eigenvalue weighted by Crippen LogP contribution is -2.36. The molecule has 0 aliphatic carbocycles. The average molecular weight is 438 g/mol. The second-order valence-electron chi connectivity index (χ2n) is 7.32. The Morgan fingerprint density at radius 2 is 2.16 bits per heavy atom. The molecule has 166 valence electrons. The van der Waals surface area contributed by atoms with Gasteiger partial charge < -0.3 is 20.1 Å². The molecule has 0 saturated heterocycles. The molecule has 0 fully saturated rings. The molecular formula is C20H22N8O4. The van der Waals surface area contributed by atoms with Gasteiger partial charge in [0.1, 0.15) is 17.2 Å². The van der Waals surface area contributed by atoms with Gasteiger partial charge in [-0.25, -0.2) is 14.5 Å². The minimum Gasteiger partial charge on any atom is -0.453 e. The standard InChI is InChI=1S/C20H22N8O4/c1-12(11-29)28-18(24-25-26-28)15-4-3-5-17(22-15)23-19(30)16-8-14-10-27(20(31)32-2)7-6-13(14)9-21-16/h3-5,8-9,12,29H,6-7,10-11H2,1-2H3,(H,22,23,30)/t12-/m1/s1. The molecule has 0 spiro atoms. The lowest BCUT2D eigenvalue weighted by Gasteiger charge is -2.27. The molecule has 1 aliphatic rings. The Balaban J connectivity index is 1.53. The number of carbonyl (C=O) groups is 2. The van der Waals surface area contributed by atoms with Gasteiger partial charge in [-0.1, -0.05) is 6.07 Å². The molecule has 1 aliphatic heterocycles. The monoisotopic (exact) mass is 438 g/mol. The summed E-state index contributed by atoms with van der Waals surface area (Å²) >= 11 is 0. The van der Waals surface area contributed by atoms with E-state index in [-0.39, 0.29) is 18.3 Å². The number of nitrogens with one attached hydrogen (secondary N) is 1. The van der Waals surface area contributed by atoms with E-state index in [1.807, 2.05) is 0 Å². The maximum Gasteiger partial charge on any atom is 0.409 e. The summed E-state index contributed by atoms with van der Waals surface area (Å²) in [5, 5.41) is 23.6. The van der Waals surface area contributed by atoms with Gasteiger partial charge in [-0.15, -0.1) is 5.10 Å². The highest BCUT2D eigenvalue weighted by molar-refractivity contribution is 6.02. The van der Waals surface area contributed by atoms with Crippen LogP contribution in [0.15, 0.2) is 30.5 Å². The zero-order valence-corrected chi connectivity index (χ0v) is 17.6. The van der Waals surface area contributed by atoms with E-state index in [0.29, 0.717) is 36.8 Å². The number of anilines is 1. The first-order chi connectivity index (χ1) is 15.5. The van der Waals surface area contributed by atoms with Crippen LogP contribution in [-0.2, 0) is 17.7 Å². The molecule has 0 unspecified atom stereocenters. The Morgan fingerprint density at radius 1 is 1.31 bits per heavy atom. The van der Waals surface area contributed by atoms with Crippen LogP contribution in [0.5, 0.6) is 0 Å². The fourth-order valence-electron chi connectivity index (χ4n) is 3.39. The number of hydrogen-bond donors (Lipinski definition) is 2. The number of nitrogens with zero attached hydrogens (tertiary/aromatic N) is 7. The second kappa shape index (κ2) is 9.06. The molecule has 12 nitrogen and oxygen atoms in total. The fourth-order valence-corrected chi connectivity index (χ4v) is 3.39. The Bertz CT molecular complexity index is 1150. The molecule has 4 heterocycles. The van der Waals surface area contributed by atoms with E-state index in [4.69, 9.17) is 4.74 Å². The molecule has 3 aromatic heterocycles. The van der Waals surface area contributed by atoms with Gasteiger partial charge in [0.15, 0.2) is 0 Å². The highest BCUT2D eigenvalue weighted by Crippen LogP contribution is 2.21. The van der Waals surface area contributed by atoms with E-state index in [0.717, 1.165) is 11.1 Å². The predicted molar refractivity (Wildman–Crippen MR) is 112 cm³/mol. The highest BCUT2D eigenvalue weighted by atomic mass is 16.5. The molecule has 4 rings (SSSR count). The number of amides is 2. The van der Waals surface area contributed by atoms with Crippen molar-refractivity contribution in [2.24, 2.45) is 0 Å². The number of hydrogen-bond acceptors (Lipinski definition) is 9. The summed E-state index contributed by atoms with van der Waals surface area (Å²) in [5.74, 6) is 0.239. The zero-order chi connectivity index (χ0) is 22.7. The van der Waals surface area contributed by atoms with Crippen LogP contribution < -0.4 is 5.32 Å². The summed E-state index contributed by atoms with van der Waals surface area (Å²) in [4.78, 5) is 34.9. The highest BCUT2D eigenvalue weighted by Gasteiger charge is 2.23. The number of aromatic nitrogens is 6. The van der Waals surface area contributed by atoms with E-state index in [9.17, 15) is 14.7 Å². The number of aliphatic hydroxyl groups excluding tert-OH is 1. The van der Waals surface area contributed by atoms with Crippen LogP contribution in [0.1, 0.15) is 34.6 Å². The molecule has 32 heavy (non-hydrogen) atoms. The van der Waals surface area contributed by atoms with Crippen LogP contribution in [0, 0.1) is 0 Å². The van der Waals surface area contributed by atoms with Gasteiger partial charge in [-0.3, -0.25) is 9.78 Å². The fraction of sp³-hybridized carbons (Fsp3) is 0.350. The van der Waals surface area contributed by atoms with Crippen LogP contribution in [0.4, 0.5) is 10.6 Å². The van der Waals surface area contributed by atoms with Crippen molar-refractivity contribution in [3.05, 3.63) is 47.3 Å². The summed E-state index contributed by atoms with van der Waals surface area (Å²) in [6, 6.07) is 6.41. The Morgan fingerprint density at radius 3 is 2.94 bits per heavy atom. The third-order valence-electron chi connectivity index (χ3n) is 5.15. The summed E-state index contributed by atoms with van der Waals surface area (Å²) in [6.07, 6.45) is 1.90. The average Bonchev–Trinajstić information content (AvgIpc) is 3.32. The van der Waals surface area contributed by atoms with E-state index in [1.165, 1.54) is 11.8 Å². The molecule has 0 radical (unpaired) electrons. The minimum absolute atomic E-state index is 0.133. The van der Waals surface area contributed by atoms with Crippen molar-refractivity contribution in [2.45, 2.75) is 25.9 Å². The van der Waals surface area contributed by atoms with Crippen molar-refractivity contribution in [3.8, 4) is 11.5 Å². The molecule has 0 bridgehead atoms. The molecule has 2 N–H and O–H groups in total. The normalized spacial score (nSPS) is 13.9. The molecule has 3 aromatic rings. The Hall–Kier alpha value is -3.93. The first-order valence-corrected chi connectivity index (χ1v) is 9.98. The molecule has 12 heteroatoms. The van der Waals surface area contributed by atoms with Crippen molar-refractivity contribution in [1.29, 1.82) is 0 Å². The number of tetrazole rings is 1. The van der Waals surface area contributed by atoms with E-state index < -0.39 is 12.0 Å². The second-order valence-corrected chi connectivity index (χ2v) is 7.32. The van der Waals surface area contributed by atoms with Crippen molar-refractivity contribution < 1.29 is 19.4 Å². The van der Waals surface area contributed by atoms with Gasteiger partial charge in [0.05, 0.1) is 19.8 Å². The van der Waals surface area contributed by atoms with E-state index >= 15 is 0 Å². The maximum atomic E-state index is 12.8. The summed E-state index contributed by atoms with van der Waals surface area (Å²) in [7, 11) is 1.34. The molecule has 0 aromatic carbocycles. The first-order valence-electron chi connectivity index (χ1n) is 9.98. The van der Waals surface area contributed by atoms with Gasteiger partial charge in [0, 0.05) is 19.3 Å². The number of carbonyl (C=O) groups excluding carboxylic acids is 2. The summed E-state index contributed by atoms with van der Waals surface area (Å²) < 4.78 is 6.25. The van der Waals surface area contributed by atoms with E-state index in [1.54, 1.807) is 42.3 Å². The molecule has 1 atom stereocenters. The minimum atomic E-state index is -0.434. The number of methoxy groups -OCH3 is 1. The molecule has 0 saturated carbocycles. The summed E-state index contributed by atoms with van der Waals surface area (Å²) in [5.41, 5.74) is 2.49. The number of rotatable bonds is 5. The van der Waals surface area contributed by atoms with Crippen LogP contribution in [-0.4, -0.2) is 72.4 Å². The maximum absolute atomic E-state index is 12.8. The largest absolute Gasteiger partial charge is 0.453 e.